The second-order valence-corrected chi connectivity index (χ2v) is 4.78. The van der Waals surface area contributed by atoms with Gasteiger partial charge in [-0.05, 0) is 35.9 Å². The van der Waals surface area contributed by atoms with Gasteiger partial charge in [-0.1, -0.05) is 17.7 Å². The number of nitrogens with one attached hydrogen (secondary N) is 1. The van der Waals surface area contributed by atoms with Crippen LogP contribution in [0.3, 0.4) is 0 Å². The molecule has 0 aliphatic heterocycles. The molecule has 1 unspecified atom stereocenters. The number of halogens is 3. The van der Waals surface area contributed by atoms with Crippen molar-refractivity contribution in [1.82, 2.24) is 0 Å². The first-order valence-corrected chi connectivity index (χ1v) is 6.45. The van der Waals surface area contributed by atoms with Crippen molar-refractivity contribution in [3.05, 3.63) is 64.2 Å². The molecular formula is C15H11ClF2N2O. The van der Waals surface area contributed by atoms with Crippen LogP contribution in [0, 0.1) is 23.0 Å². The molecule has 2 aromatic carbocycles. The number of rotatable bonds is 4. The summed E-state index contributed by atoms with van der Waals surface area (Å²) in [6.07, 6.45) is -1.04. The molecule has 0 heterocycles. The molecule has 0 bridgehead atoms. The van der Waals surface area contributed by atoms with Gasteiger partial charge in [0.15, 0.2) is 11.6 Å². The molecule has 2 N–H and O–H groups in total. The summed E-state index contributed by atoms with van der Waals surface area (Å²) in [7, 11) is 0. The van der Waals surface area contributed by atoms with Crippen LogP contribution < -0.4 is 5.32 Å². The molecule has 0 amide bonds. The quantitative estimate of drug-likeness (QED) is 0.906. The maximum atomic E-state index is 13.1. The van der Waals surface area contributed by atoms with Gasteiger partial charge < -0.3 is 10.4 Å². The first-order valence-electron chi connectivity index (χ1n) is 6.08. The van der Waals surface area contributed by atoms with Crippen molar-refractivity contribution in [2.24, 2.45) is 0 Å². The lowest BCUT2D eigenvalue weighted by molar-refractivity contribution is 0.191. The third-order valence-corrected chi connectivity index (χ3v) is 3.24. The van der Waals surface area contributed by atoms with E-state index in [1.54, 1.807) is 18.2 Å². The van der Waals surface area contributed by atoms with Gasteiger partial charge in [-0.2, -0.15) is 5.26 Å². The Morgan fingerprint density at radius 3 is 2.62 bits per heavy atom. The number of nitrogens with zero attached hydrogens (tertiary/aromatic N) is 1. The molecule has 0 saturated heterocycles. The molecule has 0 aliphatic carbocycles. The average molecular weight is 309 g/mol. The van der Waals surface area contributed by atoms with E-state index in [1.165, 1.54) is 6.07 Å². The van der Waals surface area contributed by atoms with Crippen LogP contribution in [-0.4, -0.2) is 11.7 Å². The molecule has 0 saturated carbocycles. The van der Waals surface area contributed by atoms with Crippen LogP contribution in [0.5, 0.6) is 0 Å². The van der Waals surface area contributed by atoms with E-state index < -0.39 is 17.7 Å². The van der Waals surface area contributed by atoms with Crippen molar-refractivity contribution in [3.63, 3.8) is 0 Å². The monoisotopic (exact) mass is 308 g/mol. The fourth-order valence-electron chi connectivity index (χ4n) is 1.77. The Morgan fingerprint density at radius 2 is 1.95 bits per heavy atom. The van der Waals surface area contributed by atoms with E-state index in [9.17, 15) is 13.9 Å². The smallest absolute Gasteiger partial charge is 0.159 e. The van der Waals surface area contributed by atoms with Crippen molar-refractivity contribution in [2.75, 3.05) is 11.9 Å². The molecular weight excluding hydrogens is 298 g/mol. The molecule has 0 radical (unpaired) electrons. The lowest BCUT2D eigenvalue weighted by Crippen LogP contribution is -2.13. The molecule has 0 spiro atoms. The molecule has 2 aromatic rings. The Labute approximate surface area is 125 Å². The van der Waals surface area contributed by atoms with E-state index in [-0.39, 0.29) is 12.1 Å². The Hall–Kier alpha value is -2.16. The third-order valence-electron chi connectivity index (χ3n) is 2.91. The second-order valence-electron chi connectivity index (χ2n) is 4.38. The first kappa shape index (κ1) is 15.2. The number of anilines is 1. The van der Waals surface area contributed by atoms with Crippen molar-refractivity contribution in [3.8, 4) is 6.07 Å². The molecule has 0 fully saturated rings. The van der Waals surface area contributed by atoms with E-state index in [2.05, 4.69) is 5.32 Å². The number of aliphatic hydroxyl groups is 1. The highest BCUT2D eigenvalue weighted by Crippen LogP contribution is 2.24. The van der Waals surface area contributed by atoms with Crippen LogP contribution in [-0.2, 0) is 0 Å². The Kier molecular flexibility index (Phi) is 4.73. The van der Waals surface area contributed by atoms with E-state index in [1.807, 2.05) is 6.07 Å². The van der Waals surface area contributed by atoms with Crippen LogP contribution in [0.15, 0.2) is 36.4 Å². The van der Waals surface area contributed by atoms with E-state index in [4.69, 9.17) is 16.9 Å². The lowest BCUT2D eigenvalue weighted by atomic mass is 10.1. The molecule has 21 heavy (non-hydrogen) atoms. The van der Waals surface area contributed by atoms with E-state index >= 15 is 0 Å². The maximum Gasteiger partial charge on any atom is 0.159 e. The predicted octanol–water partition coefficient (Wildman–Crippen LogP) is 3.64. The molecule has 0 aliphatic rings. The van der Waals surface area contributed by atoms with Gasteiger partial charge in [0.05, 0.1) is 28.4 Å². The molecule has 108 valence electrons. The molecule has 2 rings (SSSR count). The van der Waals surface area contributed by atoms with Gasteiger partial charge in [0, 0.05) is 6.54 Å². The highest BCUT2D eigenvalue weighted by Gasteiger charge is 2.11. The largest absolute Gasteiger partial charge is 0.387 e. The number of nitriles is 1. The average Bonchev–Trinajstić information content (AvgIpc) is 2.49. The SMILES string of the molecule is N#Cc1ccc(Cl)c(NCC(O)c2ccc(F)c(F)c2)c1. The van der Waals surface area contributed by atoms with Gasteiger partial charge in [-0.15, -0.1) is 0 Å². The summed E-state index contributed by atoms with van der Waals surface area (Å²) in [6.45, 7) is 0.0413. The summed E-state index contributed by atoms with van der Waals surface area (Å²) in [4.78, 5) is 0. The molecule has 3 nitrogen and oxygen atoms in total. The third kappa shape index (κ3) is 3.69. The summed E-state index contributed by atoms with van der Waals surface area (Å²) in [5.74, 6) is -1.99. The summed E-state index contributed by atoms with van der Waals surface area (Å²) in [6, 6.07) is 9.85. The number of hydrogen-bond donors (Lipinski definition) is 2. The Balaban J connectivity index is 2.09. The van der Waals surface area contributed by atoms with Crippen molar-refractivity contribution >= 4 is 17.3 Å². The predicted molar refractivity (Wildman–Crippen MR) is 76.0 cm³/mol. The second kappa shape index (κ2) is 6.53. The van der Waals surface area contributed by atoms with Crippen LogP contribution in [0.1, 0.15) is 17.2 Å². The zero-order chi connectivity index (χ0) is 15.4. The summed E-state index contributed by atoms with van der Waals surface area (Å²) < 4.78 is 25.9. The van der Waals surface area contributed by atoms with Crippen molar-refractivity contribution in [1.29, 1.82) is 5.26 Å². The summed E-state index contributed by atoms with van der Waals surface area (Å²) >= 11 is 5.97. The van der Waals surface area contributed by atoms with E-state index in [0.717, 1.165) is 12.1 Å². The van der Waals surface area contributed by atoms with Crippen molar-refractivity contribution < 1.29 is 13.9 Å². The zero-order valence-corrected chi connectivity index (χ0v) is 11.5. The van der Waals surface area contributed by atoms with Gasteiger partial charge in [-0.25, -0.2) is 8.78 Å². The molecule has 1 atom stereocenters. The Morgan fingerprint density at radius 1 is 1.19 bits per heavy atom. The normalized spacial score (nSPS) is 11.8. The minimum Gasteiger partial charge on any atom is -0.387 e. The lowest BCUT2D eigenvalue weighted by Gasteiger charge is -2.14. The summed E-state index contributed by atoms with van der Waals surface area (Å²) in [5, 5.41) is 22.0. The van der Waals surface area contributed by atoms with Crippen LogP contribution in [0.4, 0.5) is 14.5 Å². The van der Waals surface area contributed by atoms with E-state index in [0.29, 0.717) is 16.3 Å². The Bertz CT molecular complexity index is 701. The van der Waals surface area contributed by atoms with Crippen molar-refractivity contribution in [2.45, 2.75) is 6.10 Å². The van der Waals surface area contributed by atoms with Gasteiger partial charge in [0.25, 0.3) is 0 Å². The van der Waals surface area contributed by atoms with Gasteiger partial charge in [0.2, 0.25) is 0 Å². The highest BCUT2D eigenvalue weighted by molar-refractivity contribution is 6.33. The minimum absolute atomic E-state index is 0.0413. The van der Waals surface area contributed by atoms with Gasteiger partial charge >= 0.3 is 0 Å². The topological polar surface area (TPSA) is 56.0 Å². The molecule has 6 heteroatoms. The fraction of sp³-hybridized carbons (Fsp3) is 0.133. The van der Waals surface area contributed by atoms with Crippen LogP contribution >= 0.6 is 11.6 Å². The van der Waals surface area contributed by atoms with Crippen LogP contribution in [0.2, 0.25) is 5.02 Å². The standard InChI is InChI=1S/C15H11ClF2N2O/c16-11-3-1-9(7-19)5-14(11)20-8-15(21)10-2-4-12(17)13(18)6-10/h1-6,15,20-21H,8H2. The van der Waals surface area contributed by atoms with Crippen LogP contribution in [0.25, 0.3) is 0 Å². The van der Waals surface area contributed by atoms with Gasteiger partial charge in [0.1, 0.15) is 0 Å². The number of hydrogen-bond acceptors (Lipinski definition) is 3. The number of benzene rings is 2. The number of aliphatic hydroxyl groups excluding tert-OH is 1. The molecule has 0 aromatic heterocycles. The highest BCUT2D eigenvalue weighted by atomic mass is 35.5. The first-order chi connectivity index (χ1) is 10.0. The minimum atomic E-state index is -1.04. The summed E-state index contributed by atoms with van der Waals surface area (Å²) in [5.41, 5.74) is 1.15. The fourth-order valence-corrected chi connectivity index (χ4v) is 1.96. The zero-order valence-electron chi connectivity index (χ0n) is 10.8. The van der Waals surface area contributed by atoms with Gasteiger partial charge in [-0.3, -0.25) is 0 Å². The maximum absolute atomic E-state index is 13.1.